The number of aliphatic hydroxyl groups excluding tert-OH is 1. The zero-order valence-electron chi connectivity index (χ0n) is 9.02. The van der Waals surface area contributed by atoms with E-state index in [1.165, 1.54) is 0 Å². The van der Waals surface area contributed by atoms with Crippen LogP contribution in [0.15, 0.2) is 0 Å². The minimum absolute atomic E-state index is 0.264. The van der Waals surface area contributed by atoms with E-state index in [1.807, 2.05) is 13.8 Å². The van der Waals surface area contributed by atoms with Crippen LogP contribution in [0.5, 0.6) is 0 Å². The van der Waals surface area contributed by atoms with Gasteiger partial charge in [-0.05, 0) is 20.8 Å². The molecule has 0 aromatic carbocycles. The molecule has 0 bridgehead atoms. The molecular formula is C10H20OSi. The third-order valence-electron chi connectivity index (χ3n) is 1.80. The van der Waals surface area contributed by atoms with Crippen LogP contribution < -0.4 is 0 Å². The van der Waals surface area contributed by atoms with E-state index in [-0.39, 0.29) is 11.5 Å². The van der Waals surface area contributed by atoms with E-state index in [9.17, 15) is 5.11 Å². The highest BCUT2D eigenvalue weighted by atomic mass is 28.3. The van der Waals surface area contributed by atoms with E-state index in [0.717, 1.165) is 0 Å². The number of hydrogen-bond donors (Lipinski definition) is 1. The summed E-state index contributed by atoms with van der Waals surface area (Å²) in [5.74, 6) is 3.16. The van der Waals surface area contributed by atoms with Crippen molar-refractivity contribution in [3.05, 3.63) is 0 Å². The van der Waals surface area contributed by atoms with Gasteiger partial charge >= 0.3 is 0 Å². The summed E-state index contributed by atoms with van der Waals surface area (Å²) >= 11 is 0. The summed E-state index contributed by atoms with van der Waals surface area (Å²) in [6.07, 6.45) is -0.360. The van der Waals surface area contributed by atoms with Crippen LogP contribution in [0.2, 0.25) is 19.6 Å². The van der Waals surface area contributed by atoms with Crippen molar-refractivity contribution in [3.8, 4) is 11.5 Å². The molecule has 2 heteroatoms. The van der Waals surface area contributed by atoms with Gasteiger partial charge in [0, 0.05) is 0 Å². The molecule has 0 heterocycles. The van der Waals surface area contributed by atoms with Gasteiger partial charge in [0.15, 0.2) is 0 Å². The van der Waals surface area contributed by atoms with E-state index in [4.69, 9.17) is 0 Å². The molecule has 0 amide bonds. The Morgan fingerprint density at radius 3 is 1.92 bits per heavy atom. The fraction of sp³-hybridized carbons (Fsp3) is 0.800. The van der Waals surface area contributed by atoms with Crippen LogP contribution in [-0.2, 0) is 0 Å². The standard InChI is InChI=1S/C10H20OSi/c1-9(11)10(2,3)7-8-12(4,5)6/h9,11H,1-6H3. The first-order valence-corrected chi connectivity index (χ1v) is 7.87. The highest BCUT2D eigenvalue weighted by Crippen LogP contribution is 2.19. The second-order valence-electron chi connectivity index (χ2n) is 4.90. The maximum Gasteiger partial charge on any atom is 0.129 e. The van der Waals surface area contributed by atoms with Crippen molar-refractivity contribution in [3.63, 3.8) is 0 Å². The second-order valence-corrected chi connectivity index (χ2v) is 9.65. The third-order valence-corrected chi connectivity index (χ3v) is 2.68. The summed E-state index contributed by atoms with van der Waals surface area (Å²) in [4.78, 5) is 0. The Bertz CT molecular complexity index is 200. The molecule has 0 aromatic heterocycles. The van der Waals surface area contributed by atoms with Crippen LogP contribution in [0.3, 0.4) is 0 Å². The van der Waals surface area contributed by atoms with Crippen molar-refractivity contribution in [1.82, 2.24) is 0 Å². The molecule has 0 saturated carbocycles. The molecule has 0 aliphatic carbocycles. The second kappa shape index (κ2) is 3.63. The minimum Gasteiger partial charge on any atom is -0.392 e. The van der Waals surface area contributed by atoms with E-state index in [2.05, 4.69) is 31.1 Å². The molecular weight excluding hydrogens is 164 g/mol. The summed E-state index contributed by atoms with van der Waals surface area (Å²) in [5, 5.41) is 9.39. The van der Waals surface area contributed by atoms with Gasteiger partial charge < -0.3 is 5.11 Å². The largest absolute Gasteiger partial charge is 0.392 e. The lowest BCUT2D eigenvalue weighted by Crippen LogP contribution is -2.26. The molecule has 1 unspecified atom stereocenters. The van der Waals surface area contributed by atoms with E-state index in [1.54, 1.807) is 6.92 Å². The van der Waals surface area contributed by atoms with Crippen molar-refractivity contribution < 1.29 is 5.11 Å². The monoisotopic (exact) mass is 184 g/mol. The lowest BCUT2D eigenvalue weighted by molar-refractivity contribution is 0.106. The van der Waals surface area contributed by atoms with Crippen LogP contribution in [0.25, 0.3) is 0 Å². The quantitative estimate of drug-likeness (QED) is 0.489. The Kier molecular flexibility index (Phi) is 3.55. The molecule has 0 aliphatic heterocycles. The molecule has 0 aliphatic rings. The summed E-state index contributed by atoms with van der Waals surface area (Å²) in [7, 11) is -1.29. The van der Waals surface area contributed by atoms with Gasteiger partial charge in [0.25, 0.3) is 0 Å². The van der Waals surface area contributed by atoms with Crippen LogP contribution >= 0.6 is 0 Å². The molecule has 70 valence electrons. The summed E-state index contributed by atoms with van der Waals surface area (Å²) in [5.41, 5.74) is 3.01. The molecule has 1 atom stereocenters. The molecule has 0 rings (SSSR count). The average molecular weight is 184 g/mol. The number of hydrogen-bond acceptors (Lipinski definition) is 1. The molecule has 0 radical (unpaired) electrons. The van der Waals surface area contributed by atoms with Crippen LogP contribution in [0.4, 0.5) is 0 Å². The normalized spacial score (nSPS) is 14.9. The summed E-state index contributed by atoms with van der Waals surface area (Å²) < 4.78 is 0. The highest BCUT2D eigenvalue weighted by molar-refractivity contribution is 6.83. The van der Waals surface area contributed by atoms with Gasteiger partial charge in [-0.2, -0.15) is 0 Å². The molecule has 1 N–H and O–H groups in total. The summed E-state index contributed by atoms with van der Waals surface area (Å²) in [6, 6.07) is 0. The van der Waals surface area contributed by atoms with Crippen molar-refractivity contribution >= 4 is 8.07 Å². The van der Waals surface area contributed by atoms with Gasteiger partial charge in [0.05, 0.1) is 11.5 Å². The molecule has 0 saturated heterocycles. The Labute approximate surface area is 77.2 Å². The van der Waals surface area contributed by atoms with Crippen molar-refractivity contribution in [1.29, 1.82) is 0 Å². The fourth-order valence-electron chi connectivity index (χ4n) is 0.453. The molecule has 0 aromatic rings. The van der Waals surface area contributed by atoms with Gasteiger partial charge in [0.2, 0.25) is 0 Å². The predicted molar refractivity (Wildman–Crippen MR) is 56.6 cm³/mol. The number of aliphatic hydroxyl groups is 1. The average Bonchev–Trinajstić information content (AvgIpc) is 1.82. The zero-order chi connectivity index (χ0) is 9.99. The highest BCUT2D eigenvalue weighted by Gasteiger charge is 2.21. The van der Waals surface area contributed by atoms with E-state index < -0.39 is 8.07 Å². The van der Waals surface area contributed by atoms with Gasteiger partial charge in [0.1, 0.15) is 8.07 Å². The third kappa shape index (κ3) is 4.58. The smallest absolute Gasteiger partial charge is 0.129 e. The van der Waals surface area contributed by atoms with E-state index in [0.29, 0.717) is 0 Å². The lowest BCUT2D eigenvalue weighted by Gasteiger charge is -2.21. The van der Waals surface area contributed by atoms with Crippen molar-refractivity contribution in [2.75, 3.05) is 0 Å². The Balaban J connectivity index is 4.50. The maximum atomic E-state index is 9.39. The predicted octanol–water partition coefficient (Wildman–Crippen LogP) is 2.27. The molecule has 12 heavy (non-hydrogen) atoms. The minimum atomic E-state index is -1.29. The van der Waals surface area contributed by atoms with Gasteiger partial charge in [-0.1, -0.05) is 19.6 Å². The van der Waals surface area contributed by atoms with Crippen molar-refractivity contribution in [2.24, 2.45) is 5.41 Å². The SMILES string of the molecule is CC(O)C(C)(C)C#C[Si](C)(C)C. The van der Waals surface area contributed by atoms with Gasteiger partial charge in [-0.15, -0.1) is 11.5 Å². The first-order chi connectivity index (χ1) is 5.15. The summed E-state index contributed by atoms with van der Waals surface area (Å²) in [6.45, 7) is 12.4. The fourth-order valence-corrected chi connectivity index (χ4v) is 1.15. The van der Waals surface area contributed by atoms with Gasteiger partial charge in [-0.3, -0.25) is 0 Å². The van der Waals surface area contributed by atoms with Crippen LogP contribution in [0.1, 0.15) is 20.8 Å². The Morgan fingerprint density at radius 2 is 1.67 bits per heavy atom. The first kappa shape index (κ1) is 11.7. The molecule has 0 fully saturated rings. The lowest BCUT2D eigenvalue weighted by atomic mass is 9.89. The topological polar surface area (TPSA) is 20.2 Å². The van der Waals surface area contributed by atoms with Crippen molar-refractivity contribution in [2.45, 2.75) is 46.5 Å². The molecule has 1 nitrogen and oxygen atoms in total. The maximum absolute atomic E-state index is 9.39. The Morgan fingerprint density at radius 1 is 1.25 bits per heavy atom. The Hall–Kier alpha value is -0.263. The van der Waals surface area contributed by atoms with Crippen LogP contribution in [-0.4, -0.2) is 19.3 Å². The number of rotatable bonds is 1. The van der Waals surface area contributed by atoms with Gasteiger partial charge in [-0.25, -0.2) is 0 Å². The molecule has 0 spiro atoms. The zero-order valence-corrected chi connectivity index (χ0v) is 10.0. The first-order valence-electron chi connectivity index (χ1n) is 4.37. The van der Waals surface area contributed by atoms with Crippen LogP contribution in [0, 0.1) is 16.9 Å². The van der Waals surface area contributed by atoms with E-state index >= 15 is 0 Å².